The van der Waals surface area contributed by atoms with Crippen LogP contribution >= 0.6 is 11.3 Å². The number of aryl methyl sites for hydroxylation is 2. The van der Waals surface area contributed by atoms with Gasteiger partial charge in [0.15, 0.2) is 0 Å². The van der Waals surface area contributed by atoms with E-state index in [-0.39, 0.29) is 5.82 Å². The average Bonchev–Trinajstić information content (AvgIpc) is 3.20. The van der Waals surface area contributed by atoms with E-state index < -0.39 is 0 Å². The van der Waals surface area contributed by atoms with Gasteiger partial charge in [-0.1, -0.05) is 18.2 Å². The Labute approximate surface area is 183 Å². The molecule has 0 aliphatic heterocycles. The highest BCUT2D eigenvalue weighted by molar-refractivity contribution is 7.18. The number of para-hydroxylation sites is 1. The van der Waals surface area contributed by atoms with E-state index in [2.05, 4.69) is 27.6 Å². The van der Waals surface area contributed by atoms with Crippen LogP contribution in [0.5, 0.6) is 0 Å². The third-order valence-electron chi connectivity index (χ3n) is 5.23. The largest absolute Gasteiger partial charge is 0.275 e. The van der Waals surface area contributed by atoms with Gasteiger partial charge < -0.3 is 0 Å². The summed E-state index contributed by atoms with van der Waals surface area (Å²) in [5.74, 6) is -0.326. The Morgan fingerprint density at radius 1 is 1.03 bits per heavy atom. The van der Waals surface area contributed by atoms with E-state index in [0.717, 1.165) is 57.5 Å². The topological polar surface area (TPSA) is 63.1 Å². The number of hydrazone groups is 1. The van der Waals surface area contributed by atoms with Gasteiger partial charge in [0.2, 0.25) is 0 Å². The number of nitrogens with one attached hydrogen (secondary N) is 1. The van der Waals surface area contributed by atoms with Gasteiger partial charge in [0.25, 0.3) is 0 Å². The molecule has 5 rings (SSSR count). The summed E-state index contributed by atoms with van der Waals surface area (Å²) < 4.78 is 14.0. The molecule has 0 spiro atoms. The molecule has 5 nitrogen and oxygen atoms in total. The summed E-state index contributed by atoms with van der Waals surface area (Å²) in [4.78, 5) is 14.9. The molecule has 1 N–H and O–H groups in total. The van der Waals surface area contributed by atoms with Crippen LogP contribution in [-0.4, -0.2) is 20.7 Å². The minimum absolute atomic E-state index is 0.326. The molecule has 0 unspecified atom stereocenters. The first-order valence-electron chi connectivity index (χ1n) is 10.1. The van der Waals surface area contributed by atoms with Gasteiger partial charge in [0, 0.05) is 18.0 Å². The maximum absolute atomic E-state index is 14.0. The van der Waals surface area contributed by atoms with E-state index in [1.54, 1.807) is 35.7 Å². The van der Waals surface area contributed by atoms with Crippen LogP contribution in [0, 0.1) is 12.7 Å². The van der Waals surface area contributed by atoms with Crippen molar-refractivity contribution in [1.29, 1.82) is 0 Å². The van der Waals surface area contributed by atoms with Crippen LogP contribution in [0.2, 0.25) is 0 Å². The highest BCUT2D eigenvalue weighted by atomic mass is 32.1. The van der Waals surface area contributed by atoms with E-state index in [4.69, 9.17) is 9.97 Å². The number of anilines is 1. The quantitative estimate of drug-likeness (QED) is 0.412. The summed E-state index contributed by atoms with van der Waals surface area (Å²) in [6.07, 6.45) is 6.33. The van der Waals surface area contributed by atoms with E-state index in [1.807, 2.05) is 25.3 Å². The molecular weight excluding hydrogens is 409 g/mol. The first-order chi connectivity index (χ1) is 15.2. The molecule has 1 aliphatic carbocycles. The lowest BCUT2D eigenvalue weighted by molar-refractivity contribution is 0.630. The predicted octanol–water partition coefficient (Wildman–Crippen LogP) is 5.87. The van der Waals surface area contributed by atoms with E-state index in [0.29, 0.717) is 5.69 Å². The molecule has 0 radical (unpaired) electrons. The number of pyridine rings is 2. The summed E-state index contributed by atoms with van der Waals surface area (Å²) in [5.41, 5.74) is 8.94. The van der Waals surface area contributed by atoms with Crippen molar-refractivity contribution in [2.24, 2.45) is 5.10 Å². The smallest absolute Gasteiger partial charge is 0.148 e. The van der Waals surface area contributed by atoms with Gasteiger partial charge in [0.1, 0.15) is 10.8 Å². The third-order valence-corrected chi connectivity index (χ3v) is 6.46. The van der Waals surface area contributed by atoms with Crippen molar-refractivity contribution >= 4 is 22.7 Å². The highest BCUT2D eigenvalue weighted by Crippen LogP contribution is 2.35. The van der Waals surface area contributed by atoms with Crippen molar-refractivity contribution in [2.75, 3.05) is 5.43 Å². The molecule has 4 aromatic rings. The van der Waals surface area contributed by atoms with Crippen LogP contribution in [0.25, 0.3) is 21.1 Å². The van der Waals surface area contributed by atoms with Crippen LogP contribution in [0.3, 0.4) is 0 Å². The number of rotatable bonds is 4. The number of thiazole rings is 1. The fourth-order valence-electron chi connectivity index (χ4n) is 3.67. The molecule has 0 fully saturated rings. The maximum atomic E-state index is 14.0. The van der Waals surface area contributed by atoms with E-state index >= 15 is 0 Å². The molecule has 3 aromatic heterocycles. The minimum atomic E-state index is -0.326. The minimum Gasteiger partial charge on any atom is -0.275 e. The summed E-state index contributed by atoms with van der Waals surface area (Å²) in [6, 6.07) is 14.6. The maximum Gasteiger partial charge on any atom is 0.148 e. The van der Waals surface area contributed by atoms with Crippen LogP contribution in [0.4, 0.5) is 10.1 Å². The van der Waals surface area contributed by atoms with E-state index in [9.17, 15) is 4.39 Å². The Hall–Kier alpha value is -3.45. The predicted molar refractivity (Wildman–Crippen MR) is 123 cm³/mol. The lowest BCUT2D eigenvalue weighted by Crippen LogP contribution is -2.16. The normalized spacial score (nSPS) is 14.5. The zero-order chi connectivity index (χ0) is 21.2. The summed E-state index contributed by atoms with van der Waals surface area (Å²) in [5, 5.41) is 5.44. The molecule has 0 saturated heterocycles. The number of fused-ring (bicyclic) bond motifs is 1. The molecule has 0 saturated carbocycles. The number of benzene rings is 1. The molecule has 1 aliphatic rings. The standard InChI is InChI=1S/C24H20FN5S/c1-15-23(31-24(27-15)17-7-5-13-26-14-17)21-12-11-16-6-4-10-20(22(16)28-21)30-29-19-9-3-2-8-18(19)25/h2-3,5,7-9,11-14,29H,4,6,10H2,1H3/b30-20+. The first-order valence-corrected chi connectivity index (χ1v) is 11.0. The lowest BCUT2D eigenvalue weighted by atomic mass is 9.94. The molecule has 0 amide bonds. The molecular formula is C24H20FN5S. The molecule has 154 valence electrons. The van der Waals surface area contributed by atoms with Crippen molar-refractivity contribution in [2.45, 2.75) is 26.2 Å². The zero-order valence-electron chi connectivity index (χ0n) is 17.0. The van der Waals surface area contributed by atoms with Crippen LogP contribution in [0.15, 0.2) is 66.0 Å². The summed E-state index contributed by atoms with van der Waals surface area (Å²) in [6.45, 7) is 2.00. The molecule has 1 aromatic carbocycles. The number of nitrogens with zero attached hydrogens (tertiary/aromatic N) is 4. The van der Waals surface area contributed by atoms with Crippen molar-refractivity contribution in [3.05, 3.63) is 83.7 Å². The van der Waals surface area contributed by atoms with Crippen LogP contribution in [0.1, 0.15) is 29.8 Å². The fraction of sp³-hybridized carbons (Fsp3) is 0.167. The van der Waals surface area contributed by atoms with Gasteiger partial charge >= 0.3 is 0 Å². The highest BCUT2D eigenvalue weighted by Gasteiger charge is 2.20. The molecule has 0 atom stereocenters. The summed E-state index contributed by atoms with van der Waals surface area (Å²) >= 11 is 1.61. The lowest BCUT2D eigenvalue weighted by Gasteiger charge is -2.18. The van der Waals surface area contributed by atoms with Gasteiger partial charge in [0.05, 0.1) is 33.4 Å². The first kappa shape index (κ1) is 19.5. The second-order valence-corrected chi connectivity index (χ2v) is 8.38. The number of hydrogen-bond acceptors (Lipinski definition) is 6. The second-order valence-electron chi connectivity index (χ2n) is 7.38. The van der Waals surface area contributed by atoms with Gasteiger partial charge in [-0.15, -0.1) is 11.3 Å². The van der Waals surface area contributed by atoms with Crippen molar-refractivity contribution in [3.8, 4) is 21.1 Å². The fourth-order valence-corrected chi connectivity index (χ4v) is 4.69. The molecule has 7 heteroatoms. The average molecular weight is 430 g/mol. The molecule has 0 bridgehead atoms. The number of aromatic nitrogens is 3. The number of halogens is 1. The Morgan fingerprint density at radius 2 is 1.94 bits per heavy atom. The third kappa shape index (κ3) is 3.96. The summed E-state index contributed by atoms with van der Waals surface area (Å²) in [7, 11) is 0. The number of hydrogen-bond donors (Lipinski definition) is 1. The van der Waals surface area contributed by atoms with Gasteiger partial charge in [-0.3, -0.25) is 10.4 Å². The Kier molecular flexibility index (Phi) is 5.26. The van der Waals surface area contributed by atoms with Crippen LogP contribution in [-0.2, 0) is 6.42 Å². The monoisotopic (exact) mass is 429 g/mol. The van der Waals surface area contributed by atoms with Gasteiger partial charge in [-0.25, -0.2) is 14.4 Å². The Balaban J connectivity index is 1.50. The second kappa shape index (κ2) is 8.35. The molecule has 31 heavy (non-hydrogen) atoms. The van der Waals surface area contributed by atoms with Crippen molar-refractivity contribution < 1.29 is 4.39 Å². The Bertz CT molecular complexity index is 1270. The van der Waals surface area contributed by atoms with Gasteiger partial charge in [-0.2, -0.15) is 5.10 Å². The van der Waals surface area contributed by atoms with E-state index in [1.165, 1.54) is 11.6 Å². The van der Waals surface area contributed by atoms with Crippen LogP contribution < -0.4 is 5.43 Å². The van der Waals surface area contributed by atoms with Gasteiger partial charge in [-0.05, 0) is 62.1 Å². The van der Waals surface area contributed by atoms with Crippen molar-refractivity contribution in [1.82, 2.24) is 15.0 Å². The Morgan fingerprint density at radius 3 is 2.77 bits per heavy atom. The van der Waals surface area contributed by atoms with Crippen molar-refractivity contribution in [3.63, 3.8) is 0 Å². The zero-order valence-corrected chi connectivity index (χ0v) is 17.8. The molecule has 3 heterocycles. The SMILES string of the molecule is Cc1nc(-c2cccnc2)sc1-c1ccc2c(n1)/C(=N/Nc1ccccc1F)CCC2.